The summed E-state index contributed by atoms with van der Waals surface area (Å²) in [5, 5.41) is 3.96. The summed E-state index contributed by atoms with van der Waals surface area (Å²) in [4.78, 5) is 10.9. The molecule has 1 aliphatic rings. The molecule has 0 saturated carbocycles. The number of oxazole rings is 1. The van der Waals surface area contributed by atoms with Gasteiger partial charge in [0.2, 0.25) is 0 Å². The Morgan fingerprint density at radius 3 is 2.79 bits per heavy atom. The van der Waals surface area contributed by atoms with Crippen molar-refractivity contribution >= 4 is 17.4 Å². The molecule has 2 aromatic heterocycles. The maximum atomic E-state index is 6.34. The molecule has 0 spiro atoms. The Bertz CT molecular complexity index is 578. The second kappa shape index (κ2) is 5.19. The van der Waals surface area contributed by atoms with Crippen LogP contribution in [-0.2, 0) is 0 Å². The third-order valence-electron chi connectivity index (χ3n) is 3.15. The summed E-state index contributed by atoms with van der Waals surface area (Å²) in [5.41, 5.74) is 1.64. The summed E-state index contributed by atoms with van der Waals surface area (Å²) in [6, 6.07) is 1.89. The zero-order chi connectivity index (χ0) is 13.2. The topological polar surface area (TPSA) is 54.2 Å². The number of nitrogens with one attached hydrogen (secondary N) is 1. The van der Waals surface area contributed by atoms with Gasteiger partial charge < -0.3 is 14.6 Å². The van der Waals surface area contributed by atoms with Gasteiger partial charge in [0.1, 0.15) is 17.8 Å². The average molecular weight is 279 g/mol. The standard InChI is InChI=1S/C13H15ClN4O/c1-9-17-12(8-19-9)10-6-11(14)13(16-7-10)18-4-2-15-3-5-18/h6-8,15H,2-5H2,1H3. The van der Waals surface area contributed by atoms with Crippen LogP contribution in [0.1, 0.15) is 5.89 Å². The van der Waals surface area contributed by atoms with Crippen LogP contribution in [0.25, 0.3) is 11.3 Å². The predicted molar refractivity (Wildman–Crippen MR) is 74.6 cm³/mol. The van der Waals surface area contributed by atoms with E-state index in [0.717, 1.165) is 43.3 Å². The van der Waals surface area contributed by atoms with Crippen molar-refractivity contribution in [3.63, 3.8) is 0 Å². The van der Waals surface area contributed by atoms with Crippen molar-refractivity contribution in [2.45, 2.75) is 6.92 Å². The number of hydrogen-bond acceptors (Lipinski definition) is 5. The van der Waals surface area contributed by atoms with Gasteiger partial charge in [-0.05, 0) is 6.07 Å². The predicted octanol–water partition coefficient (Wildman–Crippen LogP) is 2.11. The van der Waals surface area contributed by atoms with Crippen LogP contribution in [0.2, 0.25) is 5.02 Å². The second-order valence-corrected chi connectivity index (χ2v) is 4.93. The first-order valence-electron chi connectivity index (χ1n) is 6.28. The zero-order valence-electron chi connectivity index (χ0n) is 10.7. The van der Waals surface area contributed by atoms with Crippen LogP contribution in [0.5, 0.6) is 0 Å². The lowest BCUT2D eigenvalue weighted by molar-refractivity contribution is 0.521. The van der Waals surface area contributed by atoms with Crippen LogP contribution in [0.4, 0.5) is 5.82 Å². The van der Waals surface area contributed by atoms with Crippen LogP contribution in [0, 0.1) is 6.92 Å². The first kappa shape index (κ1) is 12.4. The molecular weight excluding hydrogens is 264 g/mol. The number of pyridine rings is 1. The van der Waals surface area contributed by atoms with Gasteiger partial charge in [0.05, 0.1) is 5.02 Å². The molecule has 0 bridgehead atoms. The molecule has 3 heterocycles. The van der Waals surface area contributed by atoms with E-state index in [9.17, 15) is 0 Å². The molecule has 3 rings (SSSR count). The number of aromatic nitrogens is 2. The molecule has 19 heavy (non-hydrogen) atoms. The van der Waals surface area contributed by atoms with Gasteiger partial charge in [-0.25, -0.2) is 9.97 Å². The second-order valence-electron chi connectivity index (χ2n) is 4.52. The Hall–Kier alpha value is -1.59. The minimum absolute atomic E-state index is 0.636. The highest BCUT2D eigenvalue weighted by Crippen LogP contribution is 2.28. The molecule has 0 atom stereocenters. The van der Waals surface area contributed by atoms with Gasteiger partial charge in [-0.1, -0.05) is 11.6 Å². The van der Waals surface area contributed by atoms with Crippen molar-refractivity contribution < 1.29 is 4.42 Å². The molecule has 2 aromatic rings. The van der Waals surface area contributed by atoms with Gasteiger partial charge in [0.15, 0.2) is 5.89 Å². The van der Waals surface area contributed by atoms with Crippen LogP contribution < -0.4 is 10.2 Å². The Balaban J connectivity index is 1.89. The molecule has 1 fully saturated rings. The van der Waals surface area contributed by atoms with Gasteiger partial charge in [0, 0.05) is 44.9 Å². The summed E-state index contributed by atoms with van der Waals surface area (Å²) in [7, 11) is 0. The monoisotopic (exact) mass is 278 g/mol. The van der Waals surface area contributed by atoms with Crippen LogP contribution in [-0.4, -0.2) is 36.1 Å². The number of anilines is 1. The van der Waals surface area contributed by atoms with E-state index in [2.05, 4.69) is 20.2 Å². The van der Waals surface area contributed by atoms with Crippen LogP contribution in [0.15, 0.2) is 22.9 Å². The summed E-state index contributed by atoms with van der Waals surface area (Å²) in [6.07, 6.45) is 3.41. The molecule has 6 heteroatoms. The number of halogens is 1. The van der Waals surface area contributed by atoms with Crippen molar-refractivity contribution in [2.24, 2.45) is 0 Å². The van der Waals surface area contributed by atoms with E-state index in [1.165, 1.54) is 0 Å². The van der Waals surface area contributed by atoms with Crippen LogP contribution >= 0.6 is 11.6 Å². The Labute approximate surface area is 116 Å². The number of piperazine rings is 1. The number of nitrogens with zero attached hydrogens (tertiary/aromatic N) is 3. The van der Waals surface area contributed by atoms with E-state index in [1.54, 1.807) is 12.5 Å². The fourth-order valence-corrected chi connectivity index (χ4v) is 2.46. The quantitative estimate of drug-likeness (QED) is 0.912. The van der Waals surface area contributed by atoms with E-state index < -0.39 is 0 Å². The molecular formula is C13H15ClN4O. The Morgan fingerprint density at radius 2 is 2.16 bits per heavy atom. The summed E-state index contributed by atoms with van der Waals surface area (Å²) >= 11 is 6.34. The fraction of sp³-hybridized carbons (Fsp3) is 0.385. The molecule has 1 N–H and O–H groups in total. The minimum atomic E-state index is 0.636. The largest absolute Gasteiger partial charge is 0.449 e. The smallest absolute Gasteiger partial charge is 0.191 e. The molecule has 0 aromatic carbocycles. The van der Waals surface area contributed by atoms with Gasteiger partial charge in [-0.3, -0.25) is 0 Å². The molecule has 0 unspecified atom stereocenters. The Kier molecular flexibility index (Phi) is 3.40. The highest BCUT2D eigenvalue weighted by Gasteiger charge is 2.16. The lowest BCUT2D eigenvalue weighted by Gasteiger charge is -2.29. The van der Waals surface area contributed by atoms with Gasteiger partial charge in [-0.2, -0.15) is 0 Å². The molecule has 0 radical (unpaired) electrons. The third-order valence-corrected chi connectivity index (χ3v) is 3.43. The van der Waals surface area contributed by atoms with E-state index in [0.29, 0.717) is 10.9 Å². The third kappa shape index (κ3) is 2.57. The van der Waals surface area contributed by atoms with Gasteiger partial charge >= 0.3 is 0 Å². The van der Waals surface area contributed by atoms with Crippen LogP contribution in [0.3, 0.4) is 0 Å². The maximum Gasteiger partial charge on any atom is 0.191 e. The summed E-state index contributed by atoms with van der Waals surface area (Å²) < 4.78 is 5.20. The van der Waals surface area contributed by atoms with Gasteiger partial charge in [-0.15, -0.1) is 0 Å². The van der Waals surface area contributed by atoms with Crippen molar-refractivity contribution in [3.05, 3.63) is 29.4 Å². The molecule has 0 amide bonds. The van der Waals surface area contributed by atoms with Crippen molar-refractivity contribution in [2.75, 3.05) is 31.1 Å². The SMILES string of the molecule is Cc1nc(-c2cnc(N3CCNCC3)c(Cl)c2)co1. The normalized spacial score (nSPS) is 15.8. The first-order valence-corrected chi connectivity index (χ1v) is 6.65. The van der Waals surface area contributed by atoms with E-state index >= 15 is 0 Å². The molecule has 0 aliphatic carbocycles. The first-order chi connectivity index (χ1) is 9.24. The lowest BCUT2D eigenvalue weighted by Crippen LogP contribution is -2.44. The zero-order valence-corrected chi connectivity index (χ0v) is 11.4. The molecule has 1 aliphatic heterocycles. The van der Waals surface area contributed by atoms with Crippen molar-refractivity contribution in [1.29, 1.82) is 0 Å². The summed E-state index contributed by atoms with van der Waals surface area (Å²) in [6.45, 7) is 5.59. The fourth-order valence-electron chi connectivity index (χ4n) is 2.18. The molecule has 1 saturated heterocycles. The van der Waals surface area contributed by atoms with E-state index in [4.69, 9.17) is 16.0 Å². The highest BCUT2D eigenvalue weighted by atomic mass is 35.5. The molecule has 100 valence electrons. The van der Waals surface area contributed by atoms with E-state index in [1.807, 2.05) is 13.0 Å². The Morgan fingerprint density at radius 1 is 1.37 bits per heavy atom. The minimum Gasteiger partial charge on any atom is -0.449 e. The van der Waals surface area contributed by atoms with Crippen molar-refractivity contribution in [1.82, 2.24) is 15.3 Å². The number of rotatable bonds is 2. The maximum absolute atomic E-state index is 6.34. The summed E-state index contributed by atoms with van der Waals surface area (Å²) in [5.74, 6) is 1.48. The highest BCUT2D eigenvalue weighted by molar-refractivity contribution is 6.33. The van der Waals surface area contributed by atoms with Gasteiger partial charge in [0.25, 0.3) is 0 Å². The number of aryl methyl sites for hydroxylation is 1. The average Bonchev–Trinajstić information content (AvgIpc) is 2.86. The van der Waals surface area contributed by atoms with Crippen molar-refractivity contribution in [3.8, 4) is 11.3 Å². The van der Waals surface area contributed by atoms with E-state index in [-0.39, 0.29) is 0 Å². The molecule has 5 nitrogen and oxygen atoms in total. The lowest BCUT2D eigenvalue weighted by atomic mass is 10.2. The number of hydrogen-bond donors (Lipinski definition) is 1.